The monoisotopic (exact) mass is 789 g/mol. The predicted octanol–water partition coefficient (Wildman–Crippen LogP) is 2.59. The van der Waals surface area contributed by atoms with E-state index in [0.29, 0.717) is 22.7 Å². The number of amides is 4. The molecule has 5 aliphatic heterocycles. The van der Waals surface area contributed by atoms with Crippen LogP contribution in [0.25, 0.3) is 22.2 Å². The first-order valence-electron chi connectivity index (χ1n) is 20.3. The Morgan fingerprint density at radius 2 is 1.45 bits per heavy atom. The maximum atomic E-state index is 13.3. The molecule has 17 heteroatoms. The van der Waals surface area contributed by atoms with Crippen LogP contribution < -0.4 is 15.1 Å². The molecule has 9 rings (SSSR count). The number of carbonyl (C=O) groups excluding carboxylic acids is 4. The number of rotatable bonds is 10. The van der Waals surface area contributed by atoms with Crippen molar-refractivity contribution in [2.45, 2.75) is 31.7 Å². The minimum Gasteiger partial charge on any atom is -0.369 e. The summed E-state index contributed by atoms with van der Waals surface area (Å²) in [5.41, 5.74) is 3.88. The maximum Gasteiger partial charge on any atom is 0.270 e. The van der Waals surface area contributed by atoms with Gasteiger partial charge in [0.25, 0.3) is 17.5 Å². The zero-order chi connectivity index (χ0) is 39.9. The molecule has 0 aliphatic carbocycles. The van der Waals surface area contributed by atoms with Crippen molar-refractivity contribution in [2.75, 3.05) is 94.9 Å². The fourth-order valence-electron chi connectivity index (χ4n) is 9.16. The van der Waals surface area contributed by atoms with Crippen molar-refractivity contribution in [1.82, 2.24) is 40.1 Å². The van der Waals surface area contributed by atoms with Crippen molar-refractivity contribution in [2.24, 2.45) is 5.92 Å². The second-order valence-electron chi connectivity index (χ2n) is 16.0. The number of carbonyl (C=O) groups is 4. The molecular weight excluding hydrogens is 743 g/mol. The van der Waals surface area contributed by atoms with Gasteiger partial charge in [0, 0.05) is 113 Å². The highest BCUT2D eigenvalue weighted by molar-refractivity contribution is 6.23. The number of aromatic amines is 1. The number of fused-ring (bicyclic) bond motifs is 2. The van der Waals surface area contributed by atoms with Crippen molar-refractivity contribution in [3.05, 3.63) is 76.0 Å². The van der Waals surface area contributed by atoms with Crippen LogP contribution in [-0.2, 0) is 9.59 Å². The summed E-state index contributed by atoms with van der Waals surface area (Å²) >= 11 is 0. The lowest BCUT2D eigenvalue weighted by Crippen LogP contribution is -2.54. The molecule has 302 valence electrons. The summed E-state index contributed by atoms with van der Waals surface area (Å²) in [5.74, 6) is -0.375. The second kappa shape index (κ2) is 15.9. The second-order valence-corrected chi connectivity index (χ2v) is 16.0. The quantitative estimate of drug-likeness (QED) is 0.136. The summed E-state index contributed by atoms with van der Waals surface area (Å²) < 4.78 is 0. The first-order chi connectivity index (χ1) is 28.2. The van der Waals surface area contributed by atoms with Gasteiger partial charge in [0.2, 0.25) is 11.8 Å². The summed E-state index contributed by atoms with van der Waals surface area (Å²) in [6.07, 6.45) is 4.41. The van der Waals surface area contributed by atoms with Crippen LogP contribution in [0.1, 0.15) is 46.4 Å². The van der Waals surface area contributed by atoms with Crippen molar-refractivity contribution >= 4 is 51.7 Å². The van der Waals surface area contributed by atoms with E-state index in [2.05, 4.69) is 45.0 Å². The smallest absolute Gasteiger partial charge is 0.270 e. The summed E-state index contributed by atoms with van der Waals surface area (Å²) in [5, 5.41) is 21.8. The van der Waals surface area contributed by atoms with E-state index in [9.17, 15) is 29.3 Å². The Labute approximate surface area is 335 Å². The van der Waals surface area contributed by atoms with E-state index in [4.69, 9.17) is 0 Å². The highest BCUT2D eigenvalue weighted by Crippen LogP contribution is 2.33. The zero-order valence-corrected chi connectivity index (χ0v) is 32.3. The minimum absolute atomic E-state index is 0.0385. The van der Waals surface area contributed by atoms with Gasteiger partial charge < -0.3 is 14.7 Å². The number of benzene rings is 2. The number of H-pyrrole nitrogens is 1. The third-order valence-corrected chi connectivity index (χ3v) is 12.6. The lowest BCUT2D eigenvalue weighted by Gasteiger charge is -2.40. The maximum absolute atomic E-state index is 13.3. The van der Waals surface area contributed by atoms with Gasteiger partial charge in [0.1, 0.15) is 17.6 Å². The van der Waals surface area contributed by atoms with Crippen LogP contribution >= 0.6 is 0 Å². The van der Waals surface area contributed by atoms with Gasteiger partial charge in [-0.1, -0.05) is 0 Å². The Morgan fingerprint density at radius 1 is 0.741 bits per heavy atom. The molecule has 0 bridgehead atoms. The van der Waals surface area contributed by atoms with E-state index in [1.807, 2.05) is 18.2 Å². The fraction of sp³-hybridized carbons (Fsp3) is 0.463. The van der Waals surface area contributed by atoms with Gasteiger partial charge in [0.15, 0.2) is 0 Å². The molecule has 2 aromatic carbocycles. The molecule has 5 aliphatic rings. The molecule has 2 N–H and O–H groups in total. The molecule has 4 aromatic rings. The molecule has 4 saturated heterocycles. The van der Waals surface area contributed by atoms with E-state index >= 15 is 0 Å². The number of piperidine rings is 2. The van der Waals surface area contributed by atoms with E-state index in [1.165, 1.54) is 18.9 Å². The Bertz CT molecular complexity index is 2260. The predicted molar refractivity (Wildman–Crippen MR) is 216 cm³/mol. The molecule has 17 nitrogen and oxygen atoms in total. The van der Waals surface area contributed by atoms with Crippen LogP contribution in [0, 0.1) is 16.0 Å². The van der Waals surface area contributed by atoms with Crippen LogP contribution in [0.4, 0.5) is 17.2 Å². The zero-order valence-electron chi connectivity index (χ0n) is 32.3. The average molecular weight is 790 g/mol. The van der Waals surface area contributed by atoms with Crippen molar-refractivity contribution in [3.8, 4) is 11.3 Å². The summed E-state index contributed by atoms with van der Waals surface area (Å²) in [6, 6.07) is 13.1. The van der Waals surface area contributed by atoms with Gasteiger partial charge in [-0.05, 0) is 74.7 Å². The largest absolute Gasteiger partial charge is 0.369 e. The summed E-state index contributed by atoms with van der Waals surface area (Å²) in [7, 11) is 0. The highest BCUT2D eigenvalue weighted by Gasteiger charge is 2.45. The van der Waals surface area contributed by atoms with Crippen LogP contribution in [-0.4, -0.2) is 154 Å². The molecule has 0 radical (unpaired) electrons. The number of imide groups is 2. The number of hydrogen-bond acceptors (Lipinski definition) is 13. The number of nitro benzene ring substituents is 1. The number of nitrogens with zero attached hydrogens (tertiary/aromatic N) is 9. The Hall–Kier alpha value is -5.78. The van der Waals surface area contributed by atoms with Gasteiger partial charge in [-0.15, -0.1) is 0 Å². The standard InChI is InChI=1S/C41H47N11O6/c53-37-6-5-35(39(54)43-37)51-40(55)31-3-1-29(24-32(31)41(51)56)49-19-17-48(18-20-49)26-27-8-11-46(12-9-27)13-14-47-15-21-50(22-16-47)36-23-28(7-10-42-36)38-33-25-30(52(57)58)2-4-34(33)44-45-38/h1-4,7,10,23-25,27,35H,5-6,8-9,11-22,26H2,(H,44,45)(H,43,53,54). The third kappa shape index (κ3) is 7.52. The molecule has 1 atom stereocenters. The fourth-order valence-corrected chi connectivity index (χ4v) is 9.16. The summed E-state index contributed by atoms with van der Waals surface area (Å²) in [6.45, 7) is 12.7. The number of nitro groups is 1. The molecule has 4 amide bonds. The number of pyridine rings is 1. The normalized spacial score (nSPS) is 21.6. The molecule has 2 aromatic heterocycles. The van der Waals surface area contributed by atoms with Gasteiger partial charge >= 0.3 is 0 Å². The number of non-ortho nitro benzene ring substituents is 1. The number of anilines is 2. The first-order valence-corrected chi connectivity index (χ1v) is 20.3. The molecular formula is C41H47N11O6. The van der Waals surface area contributed by atoms with Gasteiger partial charge in [-0.2, -0.15) is 5.10 Å². The molecule has 58 heavy (non-hydrogen) atoms. The SMILES string of the molecule is O=C1CCC(N2C(=O)c3ccc(N4CCN(CC5CCN(CCN6CCN(c7cc(-c8n[nH]c9ccc([N+](=O)[O-])cc89)ccn7)CC6)CC5)CC4)cc3C2=O)C(=O)N1. The average Bonchev–Trinajstić information content (AvgIpc) is 3.78. The van der Waals surface area contributed by atoms with E-state index in [-0.39, 0.29) is 29.4 Å². The van der Waals surface area contributed by atoms with E-state index < -0.39 is 23.8 Å². The van der Waals surface area contributed by atoms with Crippen molar-refractivity contribution < 1.29 is 24.1 Å². The molecule has 1 unspecified atom stereocenters. The van der Waals surface area contributed by atoms with Crippen LogP contribution in [0.15, 0.2) is 54.7 Å². The van der Waals surface area contributed by atoms with Crippen LogP contribution in [0.5, 0.6) is 0 Å². The third-order valence-electron chi connectivity index (χ3n) is 12.6. The minimum atomic E-state index is -0.963. The van der Waals surface area contributed by atoms with Gasteiger partial charge in [-0.25, -0.2) is 4.98 Å². The molecule has 7 heterocycles. The number of likely N-dealkylation sites (tertiary alicyclic amines) is 1. The lowest BCUT2D eigenvalue weighted by atomic mass is 9.96. The first kappa shape index (κ1) is 37.8. The topological polar surface area (TPSA) is 184 Å². The van der Waals surface area contributed by atoms with Crippen molar-refractivity contribution in [3.63, 3.8) is 0 Å². The Balaban J connectivity index is 0.697. The van der Waals surface area contributed by atoms with Crippen LogP contribution in [0.3, 0.4) is 0 Å². The van der Waals surface area contributed by atoms with Gasteiger partial charge in [-0.3, -0.25) is 54.4 Å². The van der Waals surface area contributed by atoms with E-state index in [1.54, 1.807) is 30.5 Å². The Morgan fingerprint density at radius 3 is 2.19 bits per heavy atom. The van der Waals surface area contributed by atoms with Crippen LogP contribution in [0.2, 0.25) is 0 Å². The number of nitrogens with one attached hydrogen (secondary N) is 2. The molecule has 4 fully saturated rings. The van der Waals surface area contributed by atoms with Gasteiger partial charge in [0.05, 0.1) is 21.6 Å². The number of piperazine rings is 2. The van der Waals surface area contributed by atoms with Crippen molar-refractivity contribution in [1.29, 1.82) is 0 Å². The number of hydrogen-bond donors (Lipinski definition) is 2. The van der Waals surface area contributed by atoms with E-state index in [0.717, 1.165) is 118 Å². The highest BCUT2D eigenvalue weighted by atomic mass is 16.6. The number of aromatic nitrogens is 3. The lowest BCUT2D eigenvalue weighted by molar-refractivity contribution is -0.384. The molecule has 0 saturated carbocycles. The summed E-state index contributed by atoms with van der Waals surface area (Å²) in [4.78, 5) is 79.4. The molecule has 0 spiro atoms. The Kier molecular flexibility index (Phi) is 10.3.